The van der Waals surface area contributed by atoms with Gasteiger partial charge in [0, 0.05) is 5.02 Å². The number of benzene rings is 3. The SMILES string of the molecule is CCOc1cc(/C=C2\C(=O)NC(=O)N(c3cc(Cl)ccc3C)C2=O)cc(Cl)c1OS(=O)(=O)c1ccc(C)cc1. The molecule has 1 aliphatic heterocycles. The van der Waals surface area contributed by atoms with Gasteiger partial charge in [-0.1, -0.05) is 47.0 Å². The Kier molecular flexibility index (Phi) is 8.01. The number of aryl methyl sites for hydroxylation is 2. The van der Waals surface area contributed by atoms with E-state index in [2.05, 4.69) is 5.32 Å². The molecule has 1 N–H and O–H groups in total. The minimum atomic E-state index is -4.26. The molecule has 3 aromatic carbocycles. The van der Waals surface area contributed by atoms with Gasteiger partial charge in [0.05, 0.1) is 17.3 Å². The summed E-state index contributed by atoms with van der Waals surface area (Å²) in [5.41, 5.74) is 1.51. The standard InChI is InChI=1S/C27H22Cl2N2O7S/c1-4-37-23-13-17(12-21(29)24(23)38-39(35,36)19-9-5-15(2)6-10-19)11-20-25(32)30-27(34)31(26(20)33)22-14-18(28)8-7-16(22)3/h5-14H,4H2,1-3H3,(H,30,32,34)/b20-11+. The zero-order valence-corrected chi connectivity index (χ0v) is 23.3. The van der Waals surface area contributed by atoms with Crippen molar-refractivity contribution >= 4 is 62.9 Å². The minimum Gasteiger partial charge on any atom is -0.490 e. The van der Waals surface area contributed by atoms with Crippen molar-refractivity contribution in [2.45, 2.75) is 25.7 Å². The molecule has 0 aliphatic carbocycles. The summed E-state index contributed by atoms with van der Waals surface area (Å²) in [5.74, 6) is -2.09. The van der Waals surface area contributed by atoms with E-state index in [0.717, 1.165) is 10.5 Å². The smallest absolute Gasteiger partial charge is 0.339 e. The first-order valence-corrected chi connectivity index (χ1v) is 13.7. The van der Waals surface area contributed by atoms with E-state index in [1.54, 1.807) is 38.1 Å². The number of halogens is 2. The number of rotatable bonds is 7. The number of imide groups is 2. The molecular formula is C27H22Cl2N2O7S. The summed E-state index contributed by atoms with van der Waals surface area (Å²) in [6.07, 6.45) is 1.21. The molecule has 0 bridgehead atoms. The number of nitrogens with one attached hydrogen (secondary N) is 1. The second kappa shape index (κ2) is 11.1. The second-order valence-corrected chi connectivity index (χ2v) is 10.9. The number of carbonyl (C=O) groups is 3. The minimum absolute atomic E-state index is 0.0326. The average molecular weight is 589 g/mol. The number of nitrogens with zero attached hydrogens (tertiary/aromatic N) is 1. The van der Waals surface area contributed by atoms with Gasteiger partial charge in [-0.15, -0.1) is 0 Å². The lowest BCUT2D eigenvalue weighted by molar-refractivity contribution is -0.122. The van der Waals surface area contributed by atoms with Crippen LogP contribution in [0.4, 0.5) is 10.5 Å². The normalized spacial score (nSPS) is 14.9. The Morgan fingerprint density at radius 1 is 0.974 bits per heavy atom. The summed E-state index contributed by atoms with van der Waals surface area (Å²) < 4.78 is 36.6. The molecule has 39 heavy (non-hydrogen) atoms. The quantitative estimate of drug-likeness (QED) is 0.221. The molecule has 202 valence electrons. The molecule has 4 rings (SSSR count). The molecule has 0 saturated carbocycles. The van der Waals surface area contributed by atoms with E-state index in [4.69, 9.17) is 32.1 Å². The Bertz CT molecular complexity index is 1630. The third-order valence-electron chi connectivity index (χ3n) is 5.66. The number of barbiturate groups is 1. The summed E-state index contributed by atoms with van der Waals surface area (Å²) in [7, 11) is -4.26. The lowest BCUT2D eigenvalue weighted by Crippen LogP contribution is -2.54. The summed E-state index contributed by atoms with van der Waals surface area (Å²) in [6, 6.07) is 12.5. The summed E-state index contributed by atoms with van der Waals surface area (Å²) in [5, 5.41) is 2.29. The number of hydrogen-bond donors (Lipinski definition) is 1. The number of carbonyl (C=O) groups excluding carboxylic acids is 3. The van der Waals surface area contributed by atoms with Gasteiger partial charge in [-0.2, -0.15) is 8.42 Å². The molecule has 0 radical (unpaired) electrons. The number of ether oxygens (including phenoxy) is 1. The predicted octanol–water partition coefficient (Wildman–Crippen LogP) is 5.44. The Hall–Kier alpha value is -3.86. The first kappa shape index (κ1) is 28.2. The number of urea groups is 1. The van der Waals surface area contributed by atoms with Crippen molar-refractivity contribution in [2.24, 2.45) is 0 Å². The van der Waals surface area contributed by atoms with Crippen molar-refractivity contribution in [3.63, 3.8) is 0 Å². The van der Waals surface area contributed by atoms with Crippen LogP contribution in [0, 0.1) is 13.8 Å². The zero-order chi connectivity index (χ0) is 28.5. The van der Waals surface area contributed by atoms with Crippen LogP contribution in [0.2, 0.25) is 10.0 Å². The third kappa shape index (κ3) is 5.93. The fourth-order valence-corrected chi connectivity index (χ4v) is 5.17. The van der Waals surface area contributed by atoms with E-state index in [1.807, 2.05) is 6.92 Å². The lowest BCUT2D eigenvalue weighted by atomic mass is 10.1. The van der Waals surface area contributed by atoms with Gasteiger partial charge in [0.2, 0.25) is 5.75 Å². The number of anilines is 1. The van der Waals surface area contributed by atoms with Crippen LogP contribution in [0.25, 0.3) is 6.08 Å². The fourth-order valence-electron chi connectivity index (χ4n) is 3.74. The van der Waals surface area contributed by atoms with Gasteiger partial charge >= 0.3 is 16.1 Å². The first-order valence-electron chi connectivity index (χ1n) is 11.6. The molecule has 0 aromatic heterocycles. The van der Waals surface area contributed by atoms with E-state index in [1.165, 1.54) is 36.4 Å². The summed E-state index contributed by atoms with van der Waals surface area (Å²) >= 11 is 12.5. The Balaban J connectivity index is 1.74. The molecule has 1 aliphatic rings. The molecule has 9 nitrogen and oxygen atoms in total. The number of amides is 4. The average Bonchev–Trinajstić information content (AvgIpc) is 2.86. The topological polar surface area (TPSA) is 119 Å². The molecule has 1 heterocycles. The van der Waals surface area contributed by atoms with Gasteiger partial charge in [0.1, 0.15) is 10.5 Å². The van der Waals surface area contributed by atoms with Gasteiger partial charge in [0.15, 0.2) is 5.75 Å². The van der Waals surface area contributed by atoms with Crippen molar-refractivity contribution in [3.05, 3.63) is 86.9 Å². The van der Waals surface area contributed by atoms with Crippen molar-refractivity contribution in [3.8, 4) is 11.5 Å². The van der Waals surface area contributed by atoms with Crippen LogP contribution in [-0.2, 0) is 19.7 Å². The highest BCUT2D eigenvalue weighted by molar-refractivity contribution is 7.87. The monoisotopic (exact) mass is 588 g/mol. The Labute approximate surface area is 235 Å². The van der Waals surface area contributed by atoms with Crippen LogP contribution in [0.5, 0.6) is 11.5 Å². The molecule has 12 heteroatoms. The lowest BCUT2D eigenvalue weighted by Gasteiger charge is -2.27. The molecule has 1 saturated heterocycles. The van der Waals surface area contributed by atoms with Crippen molar-refractivity contribution in [1.29, 1.82) is 0 Å². The molecular weight excluding hydrogens is 567 g/mol. The Morgan fingerprint density at radius 2 is 1.67 bits per heavy atom. The maximum Gasteiger partial charge on any atom is 0.339 e. The molecule has 3 aromatic rings. The van der Waals surface area contributed by atoms with Crippen LogP contribution >= 0.6 is 23.2 Å². The largest absolute Gasteiger partial charge is 0.490 e. The van der Waals surface area contributed by atoms with Gasteiger partial charge < -0.3 is 8.92 Å². The van der Waals surface area contributed by atoms with Crippen LogP contribution < -0.4 is 19.1 Å². The maximum atomic E-state index is 13.3. The van der Waals surface area contributed by atoms with E-state index >= 15 is 0 Å². The van der Waals surface area contributed by atoms with E-state index < -0.39 is 28.0 Å². The number of hydrogen-bond acceptors (Lipinski definition) is 7. The molecule has 0 spiro atoms. The highest BCUT2D eigenvalue weighted by Gasteiger charge is 2.37. The maximum absolute atomic E-state index is 13.3. The van der Waals surface area contributed by atoms with Gasteiger partial charge in [-0.25, -0.2) is 9.69 Å². The second-order valence-electron chi connectivity index (χ2n) is 8.50. The van der Waals surface area contributed by atoms with E-state index in [-0.39, 0.29) is 44.8 Å². The summed E-state index contributed by atoms with van der Waals surface area (Å²) in [4.78, 5) is 39.2. The molecule has 4 amide bonds. The highest BCUT2D eigenvalue weighted by Crippen LogP contribution is 2.39. The Morgan fingerprint density at radius 3 is 2.33 bits per heavy atom. The van der Waals surface area contributed by atoms with E-state index in [0.29, 0.717) is 10.6 Å². The predicted molar refractivity (Wildman–Crippen MR) is 147 cm³/mol. The van der Waals surface area contributed by atoms with Crippen molar-refractivity contribution in [1.82, 2.24) is 5.32 Å². The van der Waals surface area contributed by atoms with Crippen LogP contribution in [-0.4, -0.2) is 32.9 Å². The molecule has 0 atom stereocenters. The van der Waals surface area contributed by atoms with Gasteiger partial charge in [-0.3, -0.25) is 14.9 Å². The first-order chi connectivity index (χ1) is 18.4. The van der Waals surface area contributed by atoms with Crippen LogP contribution in [0.1, 0.15) is 23.6 Å². The van der Waals surface area contributed by atoms with Crippen LogP contribution in [0.3, 0.4) is 0 Å². The van der Waals surface area contributed by atoms with Crippen molar-refractivity contribution < 1.29 is 31.7 Å². The fraction of sp³-hybridized carbons (Fsp3) is 0.148. The van der Waals surface area contributed by atoms with Gasteiger partial charge in [0.25, 0.3) is 11.8 Å². The van der Waals surface area contributed by atoms with Crippen LogP contribution in [0.15, 0.2) is 65.1 Å². The van der Waals surface area contributed by atoms with Gasteiger partial charge in [-0.05, 0) is 74.4 Å². The highest BCUT2D eigenvalue weighted by atomic mass is 35.5. The van der Waals surface area contributed by atoms with Crippen molar-refractivity contribution in [2.75, 3.05) is 11.5 Å². The summed E-state index contributed by atoms with van der Waals surface area (Å²) in [6.45, 7) is 5.31. The molecule has 0 unspecified atom stereocenters. The molecule has 1 fully saturated rings. The van der Waals surface area contributed by atoms with E-state index in [9.17, 15) is 22.8 Å². The zero-order valence-electron chi connectivity index (χ0n) is 20.9. The third-order valence-corrected chi connectivity index (χ3v) is 7.41.